The molecule has 1 amide bonds. The molecule has 1 N–H and O–H groups in total. The number of phenolic OH excluding ortho intramolecular Hbond substituents is 1. The highest BCUT2D eigenvalue weighted by atomic mass is 35.5. The first-order valence-corrected chi connectivity index (χ1v) is 13.8. The molecule has 1 aliphatic heterocycles. The third-order valence-corrected chi connectivity index (χ3v) is 8.33. The minimum Gasteiger partial charge on any atom is -0.508 e. The molecule has 1 unspecified atom stereocenters. The molecule has 41 heavy (non-hydrogen) atoms. The van der Waals surface area contributed by atoms with Crippen molar-refractivity contribution in [1.82, 2.24) is 14.6 Å². The van der Waals surface area contributed by atoms with Crippen molar-refractivity contribution >= 4 is 40.1 Å². The summed E-state index contributed by atoms with van der Waals surface area (Å²) >= 11 is 7.18. The average molecular weight is 595 g/mol. The van der Waals surface area contributed by atoms with E-state index in [-0.39, 0.29) is 17.0 Å². The zero-order valence-electron chi connectivity index (χ0n) is 21.8. The van der Waals surface area contributed by atoms with Gasteiger partial charge in [0.25, 0.3) is 5.91 Å². The van der Waals surface area contributed by atoms with Gasteiger partial charge >= 0.3 is 6.18 Å². The van der Waals surface area contributed by atoms with Crippen LogP contribution in [0.5, 0.6) is 5.75 Å². The van der Waals surface area contributed by atoms with E-state index in [9.17, 15) is 23.1 Å². The number of thiophene rings is 1. The van der Waals surface area contributed by atoms with Gasteiger partial charge in [-0.1, -0.05) is 47.5 Å². The Morgan fingerprint density at radius 2 is 1.83 bits per heavy atom. The maximum atomic E-state index is 14.1. The molecule has 0 spiro atoms. The van der Waals surface area contributed by atoms with E-state index in [1.54, 1.807) is 30.3 Å². The molecule has 4 heterocycles. The van der Waals surface area contributed by atoms with Crippen molar-refractivity contribution in [2.24, 2.45) is 5.10 Å². The summed E-state index contributed by atoms with van der Waals surface area (Å²) in [5, 5.41) is 20.6. The van der Waals surface area contributed by atoms with E-state index in [0.717, 1.165) is 38.6 Å². The van der Waals surface area contributed by atoms with Gasteiger partial charge in [0.05, 0.1) is 21.6 Å². The van der Waals surface area contributed by atoms with Crippen LogP contribution in [0, 0.1) is 13.8 Å². The van der Waals surface area contributed by atoms with Crippen LogP contribution in [0.3, 0.4) is 0 Å². The first kappa shape index (κ1) is 27.0. The number of hydrogen-bond donors (Lipinski definition) is 1. The number of benzene rings is 2. The molecule has 0 fully saturated rings. The molecule has 1 aliphatic rings. The number of aryl methyl sites for hydroxylation is 2. The summed E-state index contributed by atoms with van der Waals surface area (Å²) in [5.74, 6) is -0.697. The van der Waals surface area contributed by atoms with E-state index < -0.39 is 23.8 Å². The Labute approximate surface area is 241 Å². The summed E-state index contributed by atoms with van der Waals surface area (Å²) in [6.07, 6.45) is -4.43. The minimum atomic E-state index is -4.73. The number of hydrazone groups is 1. The Bertz CT molecular complexity index is 1860. The Morgan fingerprint density at radius 3 is 2.54 bits per heavy atom. The number of halogens is 4. The molecule has 1 atom stereocenters. The Hall–Kier alpha value is -4.15. The number of amides is 1. The third-order valence-electron chi connectivity index (χ3n) is 7.05. The number of fused-ring (bicyclic) bond motifs is 1. The first-order chi connectivity index (χ1) is 19.5. The molecule has 0 aliphatic carbocycles. The lowest BCUT2D eigenvalue weighted by molar-refractivity contribution is -0.142. The van der Waals surface area contributed by atoms with Crippen LogP contribution in [0.15, 0.2) is 77.9 Å². The number of aromatic nitrogens is 2. The smallest absolute Gasteiger partial charge is 0.433 e. The number of aromatic hydroxyl groups is 1. The van der Waals surface area contributed by atoms with Gasteiger partial charge in [0, 0.05) is 22.4 Å². The molecule has 0 saturated carbocycles. The van der Waals surface area contributed by atoms with Crippen LogP contribution in [-0.2, 0) is 6.18 Å². The van der Waals surface area contributed by atoms with Crippen LogP contribution < -0.4 is 0 Å². The maximum absolute atomic E-state index is 14.1. The molecule has 3 aromatic heterocycles. The van der Waals surface area contributed by atoms with E-state index in [2.05, 4.69) is 10.2 Å². The van der Waals surface area contributed by atoms with E-state index in [4.69, 9.17) is 11.6 Å². The number of alkyl halides is 3. The molecular weight excluding hydrogens is 573 g/mol. The lowest BCUT2D eigenvalue weighted by atomic mass is 9.94. The SMILES string of the molecule is Cc1ccc(C)c(C2=NN(C(=O)c3cc4cc(-c5ccc(Cl)s5)cc(C(F)(F)F)n4n3)C(c3ccccc3O)C2)c1. The van der Waals surface area contributed by atoms with Gasteiger partial charge in [0.1, 0.15) is 11.4 Å². The molecule has 0 bridgehead atoms. The monoisotopic (exact) mass is 594 g/mol. The predicted octanol–water partition coefficient (Wildman–Crippen LogP) is 8.05. The molecule has 5 aromatic rings. The highest BCUT2D eigenvalue weighted by Crippen LogP contribution is 2.40. The van der Waals surface area contributed by atoms with Crippen LogP contribution in [0.4, 0.5) is 13.2 Å². The maximum Gasteiger partial charge on any atom is 0.433 e. The van der Waals surface area contributed by atoms with Gasteiger partial charge in [-0.05, 0) is 67.4 Å². The lowest BCUT2D eigenvalue weighted by Gasteiger charge is -2.21. The Morgan fingerprint density at radius 1 is 1.05 bits per heavy atom. The number of pyridine rings is 1. The predicted molar refractivity (Wildman–Crippen MR) is 153 cm³/mol. The molecule has 0 saturated heterocycles. The second-order valence-corrected chi connectivity index (χ2v) is 11.6. The highest BCUT2D eigenvalue weighted by molar-refractivity contribution is 7.19. The zero-order chi connectivity index (χ0) is 29.1. The number of para-hydroxylation sites is 1. The fourth-order valence-corrected chi connectivity index (χ4v) is 6.09. The van der Waals surface area contributed by atoms with Gasteiger partial charge in [0.2, 0.25) is 0 Å². The van der Waals surface area contributed by atoms with Crippen LogP contribution >= 0.6 is 22.9 Å². The summed E-state index contributed by atoms with van der Waals surface area (Å²) in [6, 6.07) is 19.0. The van der Waals surface area contributed by atoms with Gasteiger partial charge in [-0.2, -0.15) is 23.4 Å². The standard InChI is InChI=1S/C30H22ClF3N4O2S/c1-16-7-8-17(2)21(11-16)22-15-24(20-5-3-4-6-25(20)39)38(35-22)29(40)23-14-19-12-18(26-9-10-28(31)41-26)13-27(30(32,33)34)37(19)36-23/h3-14,24,39H,15H2,1-2H3. The first-order valence-electron chi connectivity index (χ1n) is 12.6. The zero-order valence-corrected chi connectivity index (χ0v) is 23.3. The van der Waals surface area contributed by atoms with E-state index >= 15 is 0 Å². The van der Waals surface area contributed by atoms with Crippen molar-refractivity contribution in [3.05, 3.63) is 111 Å². The van der Waals surface area contributed by atoms with Crippen LogP contribution in [0.1, 0.15) is 50.9 Å². The summed E-state index contributed by atoms with van der Waals surface area (Å²) in [5.41, 5.74) is 3.11. The van der Waals surface area contributed by atoms with E-state index in [0.29, 0.717) is 32.5 Å². The number of carbonyl (C=O) groups is 1. The molecule has 6 rings (SSSR count). The second kappa shape index (κ2) is 10.0. The van der Waals surface area contributed by atoms with Gasteiger partial charge in [0.15, 0.2) is 5.69 Å². The van der Waals surface area contributed by atoms with Crippen molar-refractivity contribution in [1.29, 1.82) is 0 Å². The second-order valence-electron chi connectivity index (χ2n) is 9.89. The molecule has 208 valence electrons. The Balaban J connectivity index is 1.47. The van der Waals surface area contributed by atoms with Gasteiger partial charge < -0.3 is 5.11 Å². The molecule has 2 aromatic carbocycles. The van der Waals surface area contributed by atoms with E-state index in [1.807, 2.05) is 32.0 Å². The van der Waals surface area contributed by atoms with Crippen molar-refractivity contribution in [2.75, 3.05) is 0 Å². The van der Waals surface area contributed by atoms with Gasteiger partial charge in [-0.15, -0.1) is 11.3 Å². The quantitative estimate of drug-likeness (QED) is 0.229. The number of nitrogens with zero attached hydrogens (tertiary/aromatic N) is 4. The molecule has 6 nitrogen and oxygen atoms in total. The number of phenols is 1. The highest BCUT2D eigenvalue weighted by Gasteiger charge is 2.38. The molecule has 0 radical (unpaired) electrons. The van der Waals surface area contributed by atoms with Crippen molar-refractivity contribution in [3.8, 4) is 16.2 Å². The number of rotatable bonds is 4. The largest absolute Gasteiger partial charge is 0.508 e. The lowest BCUT2D eigenvalue weighted by Crippen LogP contribution is -2.27. The van der Waals surface area contributed by atoms with Crippen LogP contribution in [-0.4, -0.2) is 31.3 Å². The fraction of sp³-hybridized carbons (Fsp3) is 0.167. The molecular formula is C30H22ClF3N4O2S. The summed E-state index contributed by atoms with van der Waals surface area (Å²) in [7, 11) is 0. The van der Waals surface area contributed by atoms with Crippen molar-refractivity contribution in [2.45, 2.75) is 32.5 Å². The fourth-order valence-electron chi connectivity index (χ4n) is 5.05. The van der Waals surface area contributed by atoms with Crippen LogP contribution in [0.2, 0.25) is 4.34 Å². The summed E-state index contributed by atoms with van der Waals surface area (Å²) in [4.78, 5) is 14.5. The minimum absolute atomic E-state index is 0.0127. The summed E-state index contributed by atoms with van der Waals surface area (Å²) in [6.45, 7) is 3.89. The topological polar surface area (TPSA) is 70.2 Å². The normalized spacial score (nSPS) is 15.5. The van der Waals surface area contributed by atoms with Crippen molar-refractivity contribution in [3.63, 3.8) is 0 Å². The number of carbonyl (C=O) groups excluding carboxylic acids is 1. The summed E-state index contributed by atoms with van der Waals surface area (Å²) < 4.78 is 43.6. The van der Waals surface area contributed by atoms with Gasteiger partial charge in [-0.3, -0.25) is 4.79 Å². The number of hydrogen-bond acceptors (Lipinski definition) is 5. The average Bonchev–Trinajstić information content (AvgIpc) is 3.67. The Kier molecular flexibility index (Phi) is 6.62. The van der Waals surface area contributed by atoms with Crippen molar-refractivity contribution < 1.29 is 23.1 Å². The van der Waals surface area contributed by atoms with Gasteiger partial charge in [-0.25, -0.2) is 9.52 Å². The third kappa shape index (κ3) is 4.98. The van der Waals surface area contributed by atoms with E-state index in [1.165, 1.54) is 23.2 Å². The molecule has 11 heteroatoms. The van der Waals surface area contributed by atoms with Crippen LogP contribution in [0.25, 0.3) is 16.0 Å².